The molecule has 0 saturated carbocycles. The van der Waals surface area contributed by atoms with Crippen molar-refractivity contribution < 1.29 is 17.7 Å². The lowest BCUT2D eigenvalue weighted by molar-refractivity contribution is -0.126. The van der Waals surface area contributed by atoms with E-state index in [0.29, 0.717) is 42.7 Å². The Kier molecular flexibility index (Phi) is 6.13. The Labute approximate surface area is 162 Å². The molecule has 0 atom stereocenters. The van der Waals surface area contributed by atoms with Crippen LogP contribution in [0, 0.1) is 5.92 Å². The normalized spacial score (nSPS) is 16.4. The third kappa shape index (κ3) is 4.85. The number of rotatable bonds is 6. The van der Waals surface area contributed by atoms with E-state index in [-0.39, 0.29) is 24.1 Å². The van der Waals surface area contributed by atoms with Crippen LogP contribution >= 0.6 is 11.6 Å². The molecule has 2 aromatic rings. The zero-order valence-corrected chi connectivity index (χ0v) is 16.5. The number of halogens is 1. The lowest BCUT2D eigenvalue weighted by Gasteiger charge is -2.30. The summed E-state index contributed by atoms with van der Waals surface area (Å²) in [7, 11) is -3.19. The second-order valence-corrected chi connectivity index (χ2v) is 9.01. The van der Waals surface area contributed by atoms with E-state index in [4.69, 9.17) is 16.1 Å². The summed E-state index contributed by atoms with van der Waals surface area (Å²) in [5, 5.41) is 7.25. The number of carbonyl (C=O) groups excluding carboxylic acids is 1. The van der Waals surface area contributed by atoms with E-state index in [2.05, 4.69) is 15.5 Å². The first-order valence-electron chi connectivity index (χ1n) is 8.73. The van der Waals surface area contributed by atoms with Gasteiger partial charge in [-0.3, -0.25) is 4.79 Å². The smallest absolute Gasteiger partial charge is 0.246 e. The van der Waals surface area contributed by atoms with Gasteiger partial charge >= 0.3 is 0 Å². The van der Waals surface area contributed by atoms with Crippen LogP contribution in [0.5, 0.6) is 0 Å². The molecule has 0 radical (unpaired) electrons. The molecule has 1 aliphatic heterocycles. The summed E-state index contributed by atoms with van der Waals surface area (Å²) in [6.07, 6.45) is 1.01. The van der Waals surface area contributed by atoms with Gasteiger partial charge in [-0.25, -0.2) is 12.7 Å². The fourth-order valence-electron chi connectivity index (χ4n) is 2.96. The maximum absolute atomic E-state index is 12.3. The van der Waals surface area contributed by atoms with E-state index >= 15 is 0 Å². The monoisotopic (exact) mass is 412 g/mol. The fraction of sp³-hybridized carbons (Fsp3) is 0.471. The molecule has 1 fully saturated rings. The molecule has 1 aliphatic rings. The summed E-state index contributed by atoms with van der Waals surface area (Å²) in [6.45, 7) is 2.48. The van der Waals surface area contributed by atoms with Gasteiger partial charge in [0, 0.05) is 29.6 Å². The number of hydrogen-bond donors (Lipinski definition) is 1. The summed E-state index contributed by atoms with van der Waals surface area (Å²) in [5.41, 5.74) is 0.730. The van der Waals surface area contributed by atoms with E-state index < -0.39 is 10.0 Å². The number of sulfonamides is 1. The van der Waals surface area contributed by atoms with Crippen molar-refractivity contribution in [2.75, 3.05) is 18.8 Å². The van der Waals surface area contributed by atoms with Crippen LogP contribution in [0.2, 0.25) is 5.02 Å². The number of piperidine rings is 1. The Morgan fingerprint density at radius 1 is 1.37 bits per heavy atom. The third-order valence-electron chi connectivity index (χ3n) is 4.55. The number of amides is 1. The highest BCUT2D eigenvalue weighted by Gasteiger charge is 2.30. The van der Waals surface area contributed by atoms with Crippen LogP contribution < -0.4 is 5.32 Å². The summed E-state index contributed by atoms with van der Waals surface area (Å²) < 4.78 is 30.4. The lowest BCUT2D eigenvalue weighted by Crippen LogP contribution is -2.43. The molecule has 27 heavy (non-hydrogen) atoms. The molecule has 146 valence electrons. The fourth-order valence-corrected chi connectivity index (χ4v) is 4.28. The number of benzene rings is 1. The molecule has 1 N–H and O–H groups in total. The average Bonchev–Trinajstić information content (AvgIpc) is 3.15. The van der Waals surface area contributed by atoms with E-state index in [9.17, 15) is 13.2 Å². The van der Waals surface area contributed by atoms with Crippen molar-refractivity contribution in [2.24, 2.45) is 5.92 Å². The molecule has 3 rings (SSSR count). The van der Waals surface area contributed by atoms with Gasteiger partial charge in [0.2, 0.25) is 27.6 Å². The van der Waals surface area contributed by atoms with Gasteiger partial charge in [0.1, 0.15) is 0 Å². The molecule has 0 aliphatic carbocycles. The molecule has 0 spiro atoms. The van der Waals surface area contributed by atoms with E-state index in [1.165, 1.54) is 4.31 Å². The second-order valence-electron chi connectivity index (χ2n) is 6.31. The van der Waals surface area contributed by atoms with Gasteiger partial charge in [-0.15, -0.1) is 0 Å². The Morgan fingerprint density at radius 2 is 2.11 bits per heavy atom. The third-order valence-corrected chi connectivity index (χ3v) is 6.66. The minimum absolute atomic E-state index is 0.0794. The van der Waals surface area contributed by atoms with Crippen LogP contribution in [0.4, 0.5) is 0 Å². The van der Waals surface area contributed by atoms with Gasteiger partial charge < -0.3 is 9.84 Å². The maximum Gasteiger partial charge on any atom is 0.246 e. The highest BCUT2D eigenvalue weighted by atomic mass is 35.5. The van der Waals surface area contributed by atoms with E-state index in [1.54, 1.807) is 25.1 Å². The van der Waals surface area contributed by atoms with Crippen LogP contribution in [0.15, 0.2) is 28.8 Å². The SMILES string of the molecule is CCS(=O)(=O)N1CCC(C(=O)NCc2nc(-c3cccc(Cl)c3)no2)CC1. The molecule has 0 unspecified atom stereocenters. The minimum Gasteiger partial charge on any atom is -0.347 e. The largest absolute Gasteiger partial charge is 0.347 e. The summed E-state index contributed by atoms with van der Waals surface area (Å²) >= 11 is 5.95. The van der Waals surface area contributed by atoms with Gasteiger partial charge in [-0.05, 0) is 31.9 Å². The van der Waals surface area contributed by atoms with Gasteiger partial charge in [-0.2, -0.15) is 4.98 Å². The van der Waals surface area contributed by atoms with Crippen LogP contribution in [0.25, 0.3) is 11.4 Å². The molecule has 8 nitrogen and oxygen atoms in total. The number of nitrogens with one attached hydrogen (secondary N) is 1. The summed E-state index contributed by atoms with van der Waals surface area (Å²) in [5.74, 6) is 0.425. The highest BCUT2D eigenvalue weighted by molar-refractivity contribution is 7.89. The molecular formula is C17H21ClN4O4S. The zero-order chi connectivity index (χ0) is 19.4. The van der Waals surface area contributed by atoms with Crippen molar-refractivity contribution in [3.63, 3.8) is 0 Å². The van der Waals surface area contributed by atoms with E-state index in [0.717, 1.165) is 5.56 Å². The molecule has 10 heteroatoms. The van der Waals surface area contributed by atoms with Crippen LogP contribution in [-0.4, -0.2) is 47.6 Å². The Bertz CT molecular complexity index is 907. The standard InChI is InChI=1S/C17H21ClN4O4S/c1-2-27(24,25)22-8-6-12(7-9-22)17(23)19-11-15-20-16(21-26-15)13-4-3-5-14(18)10-13/h3-5,10,12H,2,6-9,11H2,1H3,(H,19,23). The van der Waals surface area contributed by atoms with Crippen molar-refractivity contribution in [1.82, 2.24) is 19.8 Å². The number of carbonyl (C=O) groups is 1. The van der Waals surface area contributed by atoms with Gasteiger partial charge in [0.05, 0.1) is 12.3 Å². The van der Waals surface area contributed by atoms with Crippen LogP contribution in [-0.2, 0) is 21.4 Å². The molecule has 1 aromatic carbocycles. The molecule has 1 amide bonds. The number of hydrogen-bond acceptors (Lipinski definition) is 6. The first-order chi connectivity index (χ1) is 12.9. The molecule has 1 saturated heterocycles. The van der Waals surface area contributed by atoms with Gasteiger partial charge in [0.15, 0.2) is 0 Å². The minimum atomic E-state index is -3.19. The Morgan fingerprint density at radius 3 is 2.78 bits per heavy atom. The first kappa shape index (κ1) is 19.8. The zero-order valence-electron chi connectivity index (χ0n) is 14.9. The van der Waals surface area contributed by atoms with Crippen molar-refractivity contribution in [1.29, 1.82) is 0 Å². The topological polar surface area (TPSA) is 105 Å². The van der Waals surface area contributed by atoms with Crippen molar-refractivity contribution >= 4 is 27.5 Å². The second kappa shape index (κ2) is 8.37. The first-order valence-corrected chi connectivity index (χ1v) is 10.7. The van der Waals surface area contributed by atoms with Crippen molar-refractivity contribution in [2.45, 2.75) is 26.3 Å². The van der Waals surface area contributed by atoms with Crippen molar-refractivity contribution in [3.8, 4) is 11.4 Å². The molecular weight excluding hydrogens is 392 g/mol. The number of nitrogens with zero attached hydrogens (tertiary/aromatic N) is 3. The molecule has 1 aromatic heterocycles. The molecule has 2 heterocycles. The highest BCUT2D eigenvalue weighted by Crippen LogP contribution is 2.21. The van der Waals surface area contributed by atoms with Gasteiger partial charge in [0.25, 0.3) is 0 Å². The predicted molar refractivity (Wildman–Crippen MR) is 100 cm³/mol. The van der Waals surface area contributed by atoms with Gasteiger partial charge in [-0.1, -0.05) is 28.9 Å². The lowest BCUT2D eigenvalue weighted by atomic mass is 9.97. The van der Waals surface area contributed by atoms with E-state index in [1.807, 2.05) is 6.07 Å². The quantitative estimate of drug-likeness (QED) is 0.778. The molecule has 0 bridgehead atoms. The predicted octanol–water partition coefficient (Wildman–Crippen LogP) is 2.07. The van der Waals surface area contributed by atoms with Crippen molar-refractivity contribution in [3.05, 3.63) is 35.2 Å². The van der Waals surface area contributed by atoms with Crippen LogP contribution in [0.3, 0.4) is 0 Å². The summed E-state index contributed by atoms with van der Waals surface area (Å²) in [6, 6.07) is 7.09. The Hall–Kier alpha value is -1.97. The Balaban J connectivity index is 1.52. The van der Waals surface area contributed by atoms with Crippen LogP contribution in [0.1, 0.15) is 25.7 Å². The average molecular weight is 413 g/mol. The maximum atomic E-state index is 12.3. The summed E-state index contributed by atoms with van der Waals surface area (Å²) in [4.78, 5) is 16.6. The number of aromatic nitrogens is 2.